The monoisotopic (exact) mass is 466 g/mol. The molecule has 0 unspecified atom stereocenters. The van der Waals surface area contributed by atoms with Crippen molar-refractivity contribution in [3.63, 3.8) is 0 Å². The first-order chi connectivity index (χ1) is 16.6. The first-order valence-corrected chi connectivity index (χ1v) is 12.4. The van der Waals surface area contributed by atoms with Gasteiger partial charge in [0, 0.05) is 6.42 Å². The van der Waals surface area contributed by atoms with Gasteiger partial charge in [-0.05, 0) is 77.1 Å². The quantitative estimate of drug-likeness (QED) is 0.302. The molecule has 0 amide bonds. The van der Waals surface area contributed by atoms with Crippen molar-refractivity contribution >= 4 is 17.0 Å². The summed E-state index contributed by atoms with van der Waals surface area (Å²) in [6.45, 7) is 11.7. The van der Waals surface area contributed by atoms with Crippen molar-refractivity contribution in [2.45, 2.75) is 64.7 Å². The first kappa shape index (κ1) is 23.3. The van der Waals surface area contributed by atoms with Gasteiger partial charge < -0.3 is 4.74 Å². The molecule has 0 aliphatic heterocycles. The van der Waals surface area contributed by atoms with Gasteiger partial charge in [0.05, 0.1) is 29.4 Å². The van der Waals surface area contributed by atoms with Crippen molar-refractivity contribution in [3.05, 3.63) is 94.3 Å². The summed E-state index contributed by atoms with van der Waals surface area (Å²) in [6.07, 6.45) is 3.06. The molecule has 4 heteroatoms. The lowest BCUT2D eigenvalue weighted by Crippen LogP contribution is -2.34. The lowest BCUT2D eigenvalue weighted by Gasteiger charge is -2.42. The number of esters is 1. The number of benzene rings is 3. The highest BCUT2D eigenvalue weighted by Crippen LogP contribution is 2.47. The molecule has 0 radical (unpaired) electrons. The Morgan fingerprint density at radius 3 is 2.26 bits per heavy atom. The molecule has 1 aromatic heterocycles. The number of hydrogen-bond acceptors (Lipinski definition) is 3. The van der Waals surface area contributed by atoms with Crippen LogP contribution in [0.15, 0.2) is 60.7 Å². The molecule has 35 heavy (non-hydrogen) atoms. The van der Waals surface area contributed by atoms with Crippen molar-refractivity contribution in [1.29, 1.82) is 0 Å². The summed E-state index contributed by atoms with van der Waals surface area (Å²) in [6, 6.07) is 20.9. The van der Waals surface area contributed by atoms with E-state index in [1.165, 1.54) is 42.2 Å². The van der Waals surface area contributed by atoms with Gasteiger partial charge in [-0.25, -0.2) is 9.78 Å². The molecule has 3 aromatic carbocycles. The standard InChI is InChI=1S/C31H34N2O2/c1-20-16-23-24(31(4,5)15-14-30(23,2)3)19-27(20)33-26-13-12-22(29(34)35-6)18-25(26)32-28(33)17-21-10-8-7-9-11-21/h7-13,16,18-19H,14-15,17H2,1-6H3. The highest BCUT2D eigenvalue weighted by Gasteiger charge is 2.37. The fourth-order valence-electron chi connectivity index (χ4n) is 5.49. The summed E-state index contributed by atoms with van der Waals surface area (Å²) >= 11 is 0. The highest BCUT2D eigenvalue weighted by molar-refractivity contribution is 5.94. The maximum atomic E-state index is 12.2. The van der Waals surface area contributed by atoms with Crippen molar-refractivity contribution in [2.24, 2.45) is 0 Å². The topological polar surface area (TPSA) is 44.1 Å². The van der Waals surface area contributed by atoms with E-state index < -0.39 is 0 Å². The summed E-state index contributed by atoms with van der Waals surface area (Å²) in [7, 11) is 1.41. The number of carbonyl (C=O) groups is 1. The Bertz CT molecular complexity index is 1430. The van der Waals surface area contributed by atoms with Crippen LogP contribution in [0.2, 0.25) is 0 Å². The fraction of sp³-hybridized carbons (Fsp3) is 0.355. The predicted octanol–water partition coefficient (Wildman–Crippen LogP) is 7.06. The molecule has 0 bridgehead atoms. The van der Waals surface area contributed by atoms with E-state index in [2.05, 4.69) is 75.6 Å². The zero-order chi connectivity index (χ0) is 25.0. The maximum Gasteiger partial charge on any atom is 0.337 e. The Morgan fingerprint density at radius 1 is 0.943 bits per heavy atom. The summed E-state index contributed by atoms with van der Waals surface area (Å²) in [5, 5.41) is 0. The average Bonchev–Trinajstić information content (AvgIpc) is 3.18. The Hall–Kier alpha value is -3.40. The molecule has 0 atom stereocenters. The lowest BCUT2D eigenvalue weighted by molar-refractivity contribution is 0.0601. The second kappa shape index (κ2) is 8.37. The molecule has 1 aliphatic rings. The van der Waals surface area contributed by atoms with Crippen LogP contribution in [0.5, 0.6) is 0 Å². The lowest BCUT2D eigenvalue weighted by atomic mass is 9.63. The number of fused-ring (bicyclic) bond motifs is 2. The third-order valence-corrected chi connectivity index (χ3v) is 7.76. The fourth-order valence-corrected chi connectivity index (χ4v) is 5.49. The predicted molar refractivity (Wildman–Crippen MR) is 142 cm³/mol. The van der Waals surface area contributed by atoms with E-state index in [-0.39, 0.29) is 16.8 Å². The number of rotatable bonds is 4. The molecule has 1 heterocycles. The molecule has 0 fully saturated rings. The Balaban J connectivity index is 1.76. The Labute approximate surface area is 208 Å². The molecule has 180 valence electrons. The number of aryl methyl sites for hydroxylation is 1. The summed E-state index contributed by atoms with van der Waals surface area (Å²) in [4.78, 5) is 17.2. The minimum absolute atomic E-state index is 0.112. The third-order valence-electron chi connectivity index (χ3n) is 7.76. The number of hydrogen-bond donors (Lipinski definition) is 0. The van der Waals surface area contributed by atoms with Gasteiger partial charge in [0.2, 0.25) is 0 Å². The van der Waals surface area contributed by atoms with Gasteiger partial charge in [0.15, 0.2) is 0 Å². The highest BCUT2D eigenvalue weighted by atomic mass is 16.5. The number of methoxy groups -OCH3 is 1. The second-order valence-corrected chi connectivity index (χ2v) is 11.2. The van der Waals surface area contributed by atoms with Crippen LogP contribution in [0.3, 0.4) is 0 Å². The van der Waals surface area contributed by atoms with Crippen LogP contribution in [0.1, 0.15) is 79.0 Å². The van der Waals surface area contributed by atoms with Gasteiger partial charge >= 0.3 is 5.97 Å². The molecule has 0 saturated carbocycles. The molecule has 0 saturated heterocycles. The Kier molecular flexibility index (Phi) is 5.58. The molecule has 0 spiro atoms. The van der Waals surface area contributed by atoms with Gasteiger partial charge in [-0.2, -0.15) is 0 Å². The number of aromatic nitrogens is 2. The molecule has 1 aliphatic carbocycles. The van der Waals surface area contributed by atoms with E-state index in [1.54, 1.807) is 0 Å². The van der Waals surface area contributed by atoms with Crippen molar-refractivity contribution in [2.75, 3.05) is 7.11 Å². The normalized spacial score (nSPS) is 16.2. The molecule has 0 N–H and O–H groups in total. The van der Waals surface area contributed by atoms with Crippen molar-refractivity contribution < 1.29 is 9.53 Å². The average molecular weight is 467 g/mol. The molecule has 4 nitrogen and oxygen atoms in total. The smallest absolute Gasteiger partial charge is 0.337 e. The largest absolute Gasteiger partial charge is 0.465 e. The Morgan fingerprint density at radius 2 is 1.60 bits per heavy atom. The van der Waals surface area contributed by atoms with E-state index in [4.69, 9.17) is 9.72 Å². The third kappa shape index (κ3) is 4.05. The maximum absolute atomic E-state index is 12.2. The second-order valence-electron chi connectivity index (χ2n) is 11.2. The van der Waals surface area contributed by atoms with Gasteiger partial charge in [0.25, 0.3) is 0 Å². The van der Waals surface area contributed by atoms with E-state index >= 15 is 0 Å². The summed E-state index contributed by atoms with van der Waals surface area (Å²) < 4.78 is 7.24. The minimum atomic E-state index is -0.347. The first-order valence-electron chi connectivity index (χ1n) is 12.4. The summed E-state index contributed by atoms with van der Waals surface area (Å²) in [5.74, 6) is 0.615. The zero-order valence-corrected chi connectivity index (χ0v) is 21.6. The summed E-state index contributed by atoms with van der Waals surface area (Å²) in [5.41, 5.74) is 9.07. The molecular weight excluding hydrogens is 432 g/mol. The van der Waals surface area contributed by atoms with Crippen molar-refractivity contribution in [3.8, 4) is 5.69 Å². The van der Waals surface area contributed by atoms with Crippen LogP contribution in [-0.4, -0.2) is 22.6 Å². The SMILES string of the molecule is COC(=O)c1ccc2c(c1)nc(Cc1ccccc1)n2-c1cc2c(cc1C)C(C)(C)CCC2(C)C. The van der Waals surface area contributed by atoms with Gasteiger partial charge in [-0.3, -0.25) is 4.57 Å². The number of carbonyl (C=O) groups excluding carboxylic acids is 1. The van der Waals surface area contributed by atoms with E-state index in [0.717, 1.165) is 22.5 Å². The van der Waals surface area contributed by atoms with Crippen LogP contribution in [0.25, 0.3) is 16.7 Å². The van der Waals surface area contributed by atoms with Crippen LogP contribution in [0, 0.1) is 6.92 Å². The van der Waals surface area contributed by atoms with Crippen LogP contribution in [-0.2, 0) is 22.0 Å². The number of imidazole rings is 1. The van der Waals surface area contributed by atoms with Crippen LogP contribution < -0.4 is 0 Å². The van der Waals surface area contributed by atoms with Crippen molar-refractivity contribution in [1.82, 2.24) is 9.55 Å². The molecule has 5 rings (SSSR count). The van der Waals surface area contributed by atoms with E-state index in [0.29, 0.717) is 12.0 Å². The number of nitrogens with zero attached hydrogens (tertiary/aromatic N) is 2. The van der Waals surface area contributed by atoms with Gasteiger partial charge in [-0.15, -0.1) is 0 Å². The molecular formula is C31H34N2O2. The van der Waals surface area contributed by atoms with E-state index in [9.17, 15) is 4.79 Å². The van der Waals surface area contributed by atoms with Gasteiger partial charge in [-0.1, -0.05) is 64.1 Å². The minimum Gasteiger partial charge on any atom is -0.465 e. The zero-order valence-electron chi connectivity index (χ0n) is 21.6. The van der Waals surface area contributed by atoms with Crippen LogP contribution in [0.4, 0.5) is 0 Å². The number of ether oxygens (including phenoxy) is 1. The van der Waals surface area contributed by atoms with E-state index in [1.807, 2.05) is 24.3 Å². The van der Waals surface area contributed by atoms with Crippen LogP contribution >= 0.6 is 0 Å². The molecule has 4 aromatic rings. The van der Waals surface area contributed by atoms with Gasteiger partial charge in [0.1, 0.15) is 5.82 Å².